The first-order valence-corrected chi connectivity index (χ1v) is 10.9. The van der Waals surface area contributed by atoms with Gasteiger partial charge in [-0.3, -0.25) is 9.59 Å². The molecule has 9 heteroatoms. The van der Waals surface area contributed by atoms with Crippen LogP contribution in [0, 0.1) is 0 Å². The van der Waals surface area contributed by atoms with Crippen molar-refractivity contribution < 1.29 is 42.7 Å². The highest BCUT2D eigenvalue weighted by molar-refractivity contribution is 5.69. The third-order valence-electron chi connectivity index (χ3n) is 3.72. The summed E-state index contributed by atoms with van der Waals surface area (Å²) in [4.78, 5) is 22.5. The fourth-order valence-corrected chi connectivity index (χ4v) is 2.18. The molecule has 0 radical (unpaired) electrons. The summed E-state index contributed by atoms with van der Waals surface area (Å²) in [5, 5.41) is 0. The van der Waals surface area contributed by atoms with Crippen LogP contribution in [0.2, 0.25) is 0 Å². The Morgan fingerprint density at radius 1 is 0.500 bits per heavy atom. The van der Waals surface area contributed by atoms with Gasteiger partial charge in [-0.15, -0.1) is 0 Å². The molecule has 0 rings (SSSR count). The van der Waals surface area contributed by atoms with Gasteiger partial charge in [0, 0.05) is 6.42 Å². The van der Waals surface area contributed by atoms with Crippen LogP contribution in [-0.4, -0.2) is 91.2 Å². The van der Waals surface area contributed by atoms with Crippen molar-refractivity contribution in [1.82, 2.24) is 0 Å². The number of hydrogen-bond acceptors (Lipinski definition) is 9. The predicted molar refractivity (Wildman–Crippen MR) is 110 cm³/mol. The Labute approximate surface area is 180 Å². The Morgan fingerprint density at radius 3 is 1.40 bits per heavy atom. The van der Waals surface area contributed by atoms with Crippen LogP contribution in [0.4, 0.5) is 0 Å². The van der Waals surface area contributed by atoms with E-state index in [1.165, 1.54) is 0 Å². The van der Waals surface area contributed by atoms with Crippen LogP contribution >= 0.6 is 0 Å². The Balaban J connectivity index is 3.11. The third kappa shape index (κ3) is 23.0. The number of unbranched alkanes of at least 4 members (excludes halogenated alkanes) is 2. The van der Waals surface area contributed by atoms with Crippen molar-refractivity contribution in [2.75, 3.05) is 79.3 Å². The second-order valence-corrected chi connectivity index (χ2v) is 6.29. The van der Waals surface area contributed by atoms with Crippen molar-refractivity contribution in [1.29, 1.82) is 0 Å². The van der Waals surface area contributed by atoms with E-state index in [-0.39, 0.29) is 25.0 Å². The molecule has 30 heavy (non-hydrogen) atoms. The molecule has 0 aromatic rings. The van der Waals surface area contributed by atoms with Gasteiger partial charge in [-0.05, 0) is 13.3 Å². The zero-order chi connectivity index (χ0) is 22.1. The van der Waals surface area contributed by atoms with Gasteiger partial charge in [0.15, 0.2) is 0 Å². The zero-order valence-corrected chi connectivity index (χ0v) is 18.7. The van der Waals surface area contributed by atoms with E-state index in [1.807, 2.05) is 0 Å². The molecule has 178 valence electrons. The molecule has 0 aliphatic heterocycles. The van der Waals surface area contributed by atoms with Crippen molar-refractivity contribution >= 4 is 11.9 Å². The number of carbonyl (C=O) groups excluding carboxylic acids is 2. The summed E-state index contributed by atoms with van der Waals surface area (Å²) in [6.45, 7) is 8.97. The maximum atomic E-state index is 11.4. The molecule has 0 N–H and O–H groups in total. The molecule has 0 bridgehead atoms. The van der Waals surface area contributed by atoms with E-state index in [2.05, 4.69) is 6.92 Å². The topological polar surface area (TPSA) is 98.8 Å². The number of rotatable bonds is 23. The standard InChI is InChI=1S/C21H40O9/c1-3-5-6-7-20(22)30-19-18-28-17-16-27-15-14-26-13-12-25-11-10-24-9-8-21(23)29-4-2/h3-19H2,1-2H3. The maximum absolute atomic E-state index is 11.4. The summed E-state index contributed by atoms with van der Waals surface area (Å²) < 4.78 is 36.6. The molecule has 0 amide bonds. The SMILES string of the molecule is CCCCCC(=O)OCCOCCOCCOCCOCCOCCC(=O)OCC. The highest BCUT2D eigenvalue weighted by Crippen LogP contribution is 2.00. The van der Waals surface area contributed by atoms with Gasteiger partial charge in [-0.1, -0.05) is 19.8 Å². The summed E-state index contributed by atoms with van der Waals surface area (Å²) >= 11 is 0. The molecule has 0 saturated heterocycles. The van der Waals surface area contributed by atoms with Gasteiger partial charge >= 0.3 is 11.9 Å². The largest absolute Gasteiger partial charge is 0.466 e. The lowest BCUT2D eigenvalue weighted by molar-refractivity contribution is -0.146. The smallest absolute Gasteiger partial charge is 0.308 e. The fourth-order valence-electron chi connectivity index (χ4n) is 2.18. The van der Waals surface area contributed by atoms with E-state index < -0.39 is 0 Å². The third-order valence-corrected chi connectivity index (χ3v) is 3.72. The maximum Gasteiger partial charge on any atom is 0.308 e. The Hall–Kier alpha value is -1.26. The zero-order valence-electron chi connectivity index (χ0n) is 18.7. The van der Waals surface area contributed by atoms with Crippen molar-refractivity contribution in [2.45, 2.75) is 46.0 Å². The van der Waals surface area contributed by atoms with Crippen LogP contribution in [-0.2, 0) is 42.7 Å². The normalized spacial score (nSPS) is 10.9. The number of hydrogen-bond donors (Lipinski definition) is 0. The van der Waals surface area contributed by atoms with E-state index in [0.29, 0.717) is 79.1 Å². The van der Waals surface area contributed by atoms with Gasteiger partial charge in [0.25, 0.3) is 0 Å². The van der Waals surface area contributed by atoms with Crippen LogP contribution in [0.25, 0.3) is 0 Å². The Morgan fingerprint density at radius 2 is 0.933 bits per heavy atom. The molecule has 0 aliphatic rings. The van der Waals surface area contributed by atoms with Crippen LogP contribution in [0.1, 0.15) is 46.0 Å². The molecule has 9 nitrogen and oxygen atoms in total. The number of carbonyl (C=O) groups is 2. The summed E-state index contributed by atoms with van der Waals surface area (Å²) in [5.74, 6) is -0.412. The minimum absolute atomic E-state index is 0.161. The minimum Gasteiger partial charge on any atom is -0.466 e. The first kappa shape index (κ1) is 28.7. The van der Waals surface area contributed by atoms with E-state index in [9.17, 15) is 9.59 Å². The van der Waals surface area contributed by atoms with Crippen molar-refractivity contribution in [3.63, 3.8) is 0 Å². The molecular weight excluding hydrogens is 396 g/mol. The Kier molecular flexibility index (Phi) is 23.0. The van der Waals surface area contributed by atoms with Gasteiger partial charge < -0.3 is 33.2 Å². The molecule has 0 unspecified atom stereocenters. The second-order valence-electron chi connectivity index (χ2n) is 6.29. The molecule has 0 aromatic heterocycles. The average molecular weight is 437 g/mol. The Bertz CT molecular complexity index is 391. The fraction of sp³-hybridized carbons (Fsp3) is 0.905. The molecule has 0 aromatic carbocycles. The second kappa shape index (κ2) is 24.0. The van der Waals surface area contributed by atoms with Crippen LogP contribution in [0.15, 0.2) is 0 Å². The highest BCUT2D eigenvalue weighted by Gasteiger charge is 2.02. The van der Waals surface area contributed by atoms with Gasteiger partial charge in [0.1, 0.15) is 6.61 Å². The predicted octanol–water partition coefficient (Wildman–Crippen LogP) is 2.15. The van der Waals surface area contributed by atoms with Crippen LogP contribution < -0.4 is 0 Å². The quantitative estimate of drug-likeness (QED) is 0.176. The van der Waals surface area contributed by atoms with Crippen LogP contribution in [0.5, 0.6) is 0 Å². The first-order chi connectivity index (χ1) is 14.7. The molecule has 0 spiro atoms. The minimum atomic E-state index is -0.251. The molecule has 0 heterocycles. The summed E-state index contributed by atoms with van der Waals surface area (Å²) in [6, 6.07) is 0. The average Bonchev–Trinajstić information content (AvgIpc) is 2.73. The van der Waals surface area contributed by atoms with Gasteiger partial charge in [0.2, 0.25) is 0 Å². The highest BCUT2D eigenvalue weighted by atomic mass is 16.6. The summed E-state index contributed by atoms with van der Waals surface area (Å²) in [6.07, 6.45) is 3.76. The molecule has 0 fully saturated rings. The van der Waals surface area contributed by atoms with Gasteiger partial charge in [-0.25, -0.2) is 0 Å². The van der Waals surface area contributed by atoms with E-state index in [4.69, 9.17) is 33.2 Å². The molecular formula is C21H40O9. The van der Waals surface area contributed by atoms with Crippen molar-refractivity contribution in [3.8, 4) is 0 Å². The first-order valence-electron chi connectivity index (χ1n) is 10.9. The lowest BCUT2D eigenvalue weighted by atomic mass is 10.2. The number of ether oxygens (including phenoxy) is 7. The molecule has 0 atom stereocenters. The van der Waals surface area contributed by atoms with Crippen molar-refractivity contribution in [3.05, 3.63) is 0 Å². The monoisotopic (exact) mass is 436 g/mol. The lowest BCUT2D eigenvalue weighted by Gasteiger charge is -2.08. The van der Waals surface area contributed by atoms with Gasteiger partial charge in [0.05, 0.1) is 79.1 Å². The van der Waals surface area contributed by atoms with E-state index in [1.54, 1.807) is 6.92 Å². The number of esters is 2. The van der Waals surface area contributed by atoms with E-state index in [0.717, 1.165) is 19.3 Å². The molecule has 0 saturated carbocycles. The van der Waals surface area contributed by atoms with Crippen molar-refractivity contribution in [2.24, 2.45) is 0 Å². The van der Waals surface area contributed by atoms with Gasteiger partial charge in [-0.2, -0.15) is 0 Å². The van der Waals surface area contributed by atoms with E-state index >= 15 is 0 Å². The molecule has 0 aliphatic carbocycles. The summed E-state index contributed by atoms with van der Waals surface area (Å²) in [7, 11) is 0. The summed E-state index contributed by atoms with van der Waals surface area (Å²) in [5.41, 5.74) is 0. The lowest BCUT2D eigenvalue weighted by Crippen LogP contribution is -2.15. The van der Waals surface area contributed by atoms with Crippen LogP contribution in [0.3, 0.4) is 0 Å².